The number of hydrogen-bond donors (Lipinski definition) is 1. The minimum atomic E-state index is -0.344. The Kier molecular flexibility index (Phi) is 8.45. The molecule has 1 aromatic carbocycles. The van der Waals surface area contributed by atoms with Crippen molar-refractivity contribution in [1.29, 1.82) is 0 Å². The molecule has 1 amide bonds. The molecule has 3 saturated carbocycles. The third-order valence-corrected chi connectivity index (χ3v) is 12.5. The van der Waals surface area contributed by atoms with Gasteiger partial charge in [-0.05, 0) is 94.9 Å². The Morgan fingerprint density at radius 2 is 1.86 bits per heavy atom. The van der Waals surface area contributed by atoms with Crippen molar-refractivity contribution >= 4 is 11.7 Å². The second-order valence-electron chi connectivity index (χ2n) is 16.8. The molecular formula is C39H50FN9O2. The molecule has 3 aliphatic carbocycles. The number of anilines is 1. The molecule has 9 rings (SSSR count). The van der Waals surface area contributed by atoms with Crippen LogP contribution in [-0.4, -0.2) is 98.3 Å². The van der Waals surface area contributed by atoms with E-state index < -0.39 is 0 Å². The SMILES string of the molecule is Cc1ncc(-c2cc(F)ccc2Oc2nncnc2N2CCC3(C2)CN([C@@H](C(C)C)C2CC(N4CC[C@H](C(=O)NC5CC5)C4)C2)C3)c(C2CC2)n1. The number of nitrogens with zero attached hydrogens (tertiary/aromatic N) is 8. The number of hydrogen-bond acceptors (Lipinski definition) is 10. The molecule has 6 aliphatic rings. The lowest BCUT2D eigenvalue weighted by molar-refractivity contribution is -0.125. The van der Waals surface area contributed by atoms with Crippen LogP contribution < -0.4 is 15.0 Å². The molecule has 6 fully saturated rings. The topological polar surface area (TPSA) is 112 Å². The van der Waals surface area contributed by atoms with Crippen LogP contribution in [-0.2, 0) is 4.79 Å². The highest BCUT2D eigenvalue weighted by molar-refractivity contribution is 5.79. The van der Waals surface area contributed by atoms with Gasteiger partial charge in [0.25, 0.3) is 5.88 Å². The van der Waals surface area contributed by atoms with E-state index >= 15 is 0 Å². The molecule has 0 bridgehead atoms. The molecule has 3 aromatic rings. The van der Waals surface area contributed by atoms with E-state index in [9.17, 15) is 9.18 Å². The number of rotatable bonds is 11. The zero-order valence-corrected chi connectivity index (χ0v) is 30.1. The normalized spacial score (nSPS) is 26.7. The first-order chi connectivity index (χ1) is 24.7. The van der Waals surface area contributed by atoms with Crippen LogP contribution in [0.4, 0.5) is 10.2 Å². The quantitative estimate of drug-likeness (QED) is 0.281. The maximum Gasteiger partial charge on any atom is 0.282 e. The average Bonchev–Trinajstić information content (AvgIpc) is 4.00. The minimum Gasteiger partial charge on any atom is -0.434 e. The molecule has 0 radical (unpaired) electrons. The summed E-state index contributed by atoms with van der Waals surface area (Å²) < 4.78 is 21.1. The molecule has 51 heavy (non-hydrogen) atoms. The summed E-state index contributed by atoms with van der Waals surface area (Å²) in [4.78, 5) is 34.1. The Morgan fingerprint density at radius 3 is 2.63 bits per heavy atom. The molecular weight excluding hydrogens is 645 g/mol. The van der Waals surface area contributed by atoms with Gasteiger partial charge in [0.15, 0.2) is 5.82 Å². The van der Waals surface area contributed by atoms with Gasteiger partial charge < -0.3 is 15.0 Å². The van der Waals surface area contributed by atoms with Crippen LogP contribution >= 0.6 is 0 Å². The van der Waals surface area contributed by atoms with E-state index in [1.165, 1.54) is 31.3 Å². The maximum absolute atomic E-state index is 14.7. The largest absolute Gasteiger partial charge is 0.434 e. The summed E-state index contributed by atoms with van der Waals surface area (Å²) in [6.45, 7) is 12.6. The fourth-order valence-electron chi connectivity index (χ4n) is 9.56. The van der Waals surface area contributed by atoms with E-state index in [1.807, 2.05) is 6.92 Å². The van der Waals surface area contributed by atoms with Gasteiger partial charge in [0.2, 0.25) is 5.91 Å². The number of carbonyl (C=O) groups is 1. The summed E-state index contributed by atoms with van der Waals surface area (Å²) in [5.74, 6) is 3.97. The number of amides is 1. The number of benzene rings is 1. The molecule has 2 atom stereocenters. The first-order valence-electron chi connectivity index (χ1n) is 19.2. The predicted molar refractivity (Wildman–Crippen MR) is 191 cm³/mol. The molecule has 3 aliphatic heterocycles. The van der Waals surface area contributed by atoms with Gasteiger partial charge in [0.05, 0.1) is 11.6 Å². The molecule has 2 aromatic heterocycles. The maximum atomic E-state index is 14.7. The van der Waals surface area contributed by atoms with Crippen molar-refractivity contribution < 1.29 is 13.9 Å². The van der Waals surface area contributed by atoms with E-state index in [0.717, 1.165) is 89.1 Å². The van der Waals surface area contributed by atoms with Crippen molar-refractivity contribution in [3.05, 3.63) is 48.1 Å². The lowest BCUT2D eigenvalue weighted by Gasteiger charge is -2.57. The van der Waals surface area contributed by atoms with Gasteiger partial charge in [0.1, 0.15) is 23.7 Å². The molecule has 0 unspecified atom stereocenters. The number of aromatic nitrogens is 5. The van der Waals surface area contributed by atoms with E-state index in [-0.39, 0.29) is 23.1 Å². The van der Waals surface area contributed by atoms with Gasteiger partial charge in [-0.1, -0.05) is 13.8 Å². The number of likely N-dealkylation sites (tertiary alicyclic amines) is 2. The molecule has 5 heterocycles. The summed E-state index contributed by atoms with van der Waals surface area (Å²) in [7, 11) is 0. The van der Waals surface area contributed by atoms with E-state index in [2.05, 4.69) is 54.0 Å². The first-order valence-corrected chi connectivity index (χ1v) is 19.2. The van der Waals surface area contributed by atoms with E-state index in [4.69, 9.17) is 9.72 Å². The molecule has 11 nitrogen and oxygen atoms in total. The second kappa shape index (κ2) is 13.0. The number of ether oxygens (including phenoxy) is 1. The van der Waals surface area contributed by atoms with Gasteiger partial charge in [-0.2, -0.15) is 0 Å². The molecule has 1 spiro atoms. The Hall–Kier alpha value is -3.77. The number of halogens is 1. The first kappa shape index (κ1) is 33.1. The highest BCUT2D eigenvalue weighted by atomic mass is 19.1. The number of aryl methyl sites for hydroxylation is 1. The van der Waals surface area contributed by atoms with Crippen molar-refractivity contribution in [2.75, 3.05) is 44.2 Å². The Labute approximate surface area is 299 Å². The van der Waals surface area contributed by atoms with Gasteiger partial charge in [-0.3, -0.25) is 14.6 Å². The van der Waals surface area contributed by atoms with Crippen molar-refractivity contribution in [1.82, 2.24) is 40.3 Å². The third kappa shape index (κ3) is 6.58. The Balaban J connectivity index is 0.843. The monoisotopic (exact) mass is 695 g/mol. The summed E-state index contributed by atoms with van der Waals surface area (Å²) in [6, 6.07) is 6.21. The van der Waals surface area contributed by atoms with Gasteiger partial charge in [0, 0.05) is 79.5 Å². The highest BCUT2D eigenvalue weighted by Crippen LogP contribution is 2.49. The van der Waals surface area contributed by atoms with Gasteiger partial charge in [-0.25, -0.2) is 19.3 Å². The number of carbonyl (C=O) groups excluding carboxylic acids is 1. The number of nitrogens with one attached hydrogen (secondary N) is 1. The Bertz CT molecular complexity index is 1790. The average molecular weight is 696 g/mol. The molecule has 1 N–H and O–H groups in total. The lowest BCUT2D eigenvalue weighted by Crippen LogP contribution is -2.65. The summed E-state index contributed by atoms with van der Waals surface area (Å²) in [5.41, 5.74) is 2.57. The molecule has 12 heteroatoms. The summed E-state index contributed by atoms with van der Waals surface area (Å²) in [5, 5.41) is 11.7. The van der Waals surface area contributed by atoms with Crippen LogP contribution in [0, 0.1) is 35.9 Å². The van der Waals surface area contributed by atoms with Crippen LogP contribution in [0.3, 0.4) is 0 Å². The second-order valence-corrected chi connectivity index (χ2v) is 16.8. The Morgan fingerprint density at radius 1 is 1.04 bits per heavy atom. The van der Waals surface area contributed by atoms with Gasteiger partial charge in [-0.15, -0.1) is 10.2 Å². The van der Waals surface area contributed by atoms with E-state index in [1.54, 1.807) is 12.3 Å². The summed E-state index contributed by atoms with van der Waals surface area (Å²) in [6.07, 6.45) is 12.3. The standard InChI is InChI=1S/C39H50FN9O2/c1-23(2)35(27-14-30(15-27)47-12-10-26(18-47)37(50)45-29-7-8-29)49-20-39(21-49)11-13-48(19-39)36-38(46-43-22-42-36)51-33-9-6-28(40)16-31(33)32-17-41-24(3)44-34(32)25-4-5-25/h6,9,16-17,22-23,25-27,29-30,35H,4-5,7-8,10-15,18-21H2,1-3H3,(H,45,50)/t26-,27?,30?,35-/m0/s1. The molecule has 270 valence electrons. The van der Waals surface area contributed by atoms with Crippen molar-refractivity contribution in [3.8, 4) is 22.8 Å². The van der Waals surface area contributed by atoms with Crippen molar-refractivity contribution in [2.24, 2.45) is 23.2 Å². The zero-order chi connectivity index (χ0) is 34.9. The zero-order valence-electron chi connectivity index (χ0n) is 30.1. The fourth-order valence-corrected chi connectivity index (χ4v) is 9.56. The van der Waals surface area contributed by atoms with Crippen LogP contribution in [0.1, 0.15) is 82.7 Å². The third-order valence-electron chi connectivity index (χ3n) is 12.5. The van der Waals surface area contributed by atoms with Crippen LogP contribution in [0.25, 0.3) is 11.1 Å². The minimum absolute atomic E-state index is 0.169. The molecule has 3 saturated heterocycles. The lowest BCUT2D eigenvalue weighted by atomic mass is 9.68. The fraction of sp³-hybridized carbons (Fsp3) is 0.641. The van der Waals surface area contributed by atoms with E-state index in [0.29, 0.717) is 64.7 Å². The van der Waals surface area contributed by atoms with Crippen LogP contribution in [0.2, 0.25) is 0 Å². The highest BCUT2D eigenvalue weighted by Gasteiger charge is 2.53. The van der Waals surface area contributed by atoms with Crippen molar-refractivity contribution in [2.45, 2.75) is 96.2 Å². The summed E-state index contributed by atoms with van der Waals surface area (Å²) >= 11 is 0. The predicted octanol–water partition coefficient (Wildman–Crippen LogP) is 5.36. The van der Waals surface area contributed by atoms with Crippen LogP contribution in [0.5, 0.6) is 11.6 Å². The van der Waals surface area contributed by atoms with Crippen LogP contribution in [0.15, 0.2) is 30.7 Å². The van der Waals surface area contributed by atoms with Crippen molar-refractivity contribution in [3.63, 3.8) is 0 Å². The smallest absolute Gasteiger partial charge is 0.282 e. The van der Waals surface area contributed by atoms with Gasteiger partial charge >= 0.3 is 0 Å².